The molecule has 0 heterocycles. The second kappa shape index (κ2) is 6.04. The van der Waals surface area contributed by atoms with Crippen LogP contribution in [0.3, 0.4) is 0 Å². The van der Waals surface area contributed by atoms with Crippen LogP contribution in [0.1, 0.15) is 27.7 Å². The van der Waals surface area contributed by atoms with E-state index in [4.69, 9.17) is 15.2 Å². The van der Waals surface area contributed by atoms with Gasteiger partial charge in [-0.2, -0.15) is 0 Å². The van der Waals surface area contributed by atoms with Gasteiger partial charge in [-0.1, -0.05) is 27.7 Å². The van der Waals surface area contributed by atoms with Crippen LogP contribution >= 0.6 is 0 Å². The number of hydrogen-bond donors (Lipinski definition) is 2. The molecule has 1 aromatic carbocycles. The Bertz CT molecular complexity index is 428. The number of benzene rings is 1. The Labute approximate surface area is 116 Å². The number of rotatable bonds is 6. The lowest BCUT2D eigenvalue weighted by Crippen LogP contribution is -2.28. The Balaban J connectivity index is 2.90. The van der Waals surface area contributed by atoms with Crippen molar-refractivity contribution in [2.75, 3.05) is 31.8 Å². The second-order valence-corrected chi connectivity index (χ2v) is 5.79. The maximum atomic E-state index is 6.03. The maximum Gasteiger partial charge on any atom is 0.162 e. The number of nitrogens with two attached hydrogens (primary N) is 1. The summed E-state index contributed by atoms with van der Waals surface area (Å²) < 4.78 is 10.5. The van der Waals surface area contributed by atoms with Gasteiger partial charge in [0, 0.05) is 18.7 Å². The predicted octanol–water partition coefficient (Wildman–Crippen LogP) is 3.38. The fourth-order valence-corrected chi connectivity index (χ4v) is 1.57. The Kier molecular flexibility index (Phi) is 4.92. The van der Waals surface area contributed by atoms with Gasteiger partial charge in [-0.15, -0.1) is 0 Å². The van der Waals surface area contributed by atoms with E-state index in [-0.39, 0.29) is 5.41 Å². The Morgan fingerprint density at radius 1 is 1.16 bits per heavy atom. The smallest absolute Gasteiger partial charge is 0.162 e. The van der Waals surface area contributed by atoms with Gasteiger partial charge >= 0.3 is 0 Å². The summed E-state index contributed by atoms with van der Waals surface area (Å²) in [4.78, 5) is 0. The summed E-state index contributed by atoms with van der Waals surface area (Å²) in [5.74, 6) is 1.91. The van der Waals surface area contributed by atoms with Gasteiger partial charge in [0.1, 0.15) is 0 Å². The summed E-state index contributed by atoms with van der Waals surface area (Å²) in [5, 5.41) is 3.40. The van der Waals surface area contributed by atoms with Gasteiger partial charge in [-0.05, 0) is 11.3 Å². The van der Waals surface area contributed by atoms with Crippen LogP contribution in [0, 0.1) is 11.3 Å². The molecule has 0 atom stereocenters. The Hall–Kier alpha value is -1.58. The summed E-state index contributed by atoms with van der Waals surface area (Å²) in [5.41, 5.74) is 7.77. The molecule has 0 aromatic heterocycles. The summed E-state index contributed by atoms with van der Waals surface area (Å²) in [6, 6.07) is 3.66. The molecule has 4 nitrogen and oxygen atoms in total. The van der Waals surface area contributed by atoms with Gasteiger partial charge in [0.05, 0.1) is 25.6 Å². The molecular weight excluding hydrogens is 240 g/mol. The molecule has 1 rings (SSSR count). The molecular formula is C15H26N2O2. The first-order chi connectivity index (χ1) is 8.81. The molecule has 0 saturated carbocycles. The van der Waals surface area contributed by atoms with Crippen LogP contribution in [0.2, 0.25) is 0 Å². The van der Waals surface area contributed by atoms with E-state index in [1.807, 2.05) is 6.07 Å². The number of nitrogen functional groups attached to an aromatic ring is 1. The Morgan fingerprint density at radius 3 is 2.16 bits per heavy atom. The highest BCUT2D eigenvalue weighted by atomic mass is 16.5. The third kappa shape index (κ3) is 3.69. The van der Waals surface area contributed by atoms with E-state index in [1.165, 1.54) is 0 Å². The van der Waals surface area contributed by atoms with Crippen LogP contribution in [-0.4, -0.2) is 20.8 Å². The standard InChI is InChI=1S/C15H26N2O2/c1-10(2)15(3,4)9-17-12-8-14(19-6)13(18-5)7-11(12)16/h7-8,10,17H,9,16H2,1-6H3. The first-order valence-corrected chi connectivity index (χ1v) is 6.57. The molecule has 0 spiro atoms. The van der Waals surface area contributed by atoms with Gasteiger partial charge in [0.15, 0.2) is 11.5 Å². The number of ether oxygens (including phenoxy) is 2. The second-order valence-electron chi connectivity index (χ2n) is 5.79. The first kappa shape index (κ1) is 15.5. The highest BCUT2D eigenvalue weighted by Gasteiger charge is 2.22. The summed E-state index contributed by atoms with van der Waals surface area (Å²) in [7, 11) is 3.22. The fraction of sp³-hybridized carbons (Fsp3) is 0.600. The minimum absolute atomic E-state index is 0.194. The zero-order valence-electron chi connectivity index (χ0n) is 12.8. The average molecular weight is 266 g/mol. The zero-order chi connectivity index (χ0) is 14.6. The van der Waals surface area contributed by atoms with Gasteiger partial charge in [0.25, 0.3) is 0 Å². The third-order valence-electron chi connectivity index (χ3n) is 3.85. The molecule has 0 aliphatic carbocycles. The van der Waals surface area contributed by atoms with E-state index < -0.39 is 0 Å². The molecule has 1 aromatic rings. The molecule has 0 aliphatic rings. The van der Waals surface area contributed by atoms with Crippen molar-refractivity contribution < 1.29 is 9.47 Å². The van der Waals surface area contributed by atoms with E-state index in [1.54, 1.807) is 20.3 Å². The third-order valence-corrected chi connectivity index (χ3v) is 3.85. The van der Waals surface area contributed by atoms with Crippen LogP contribution in [0.25, 0.3) is 0 Å². The molecule has 19 heavy (non-hydrogen) atoms. The van der Waals surface area contributed by atoms with E-state index in [9.17, 15) is 0 Å². The molecule has 0 aliphatic heterocycles. The molecule has 3 N–H and O–H groups in total. The lowest BCUT2D eigenvalue weighted by atomic mass is 9.81. The predicted molar refractivity (Wildman–Crippen MR) is 81.1 cm³/mol. The average Bonchev–Trinajstić information content (AvgIpc) is 2.36. The minimum atomic E-state index is 0.194. The van der Waals surface area contributed by atoms with Crippen molar-refractivity contribution in [1.29, 1.82) is 0 Å². The number of anilines is 2. The summed E-state index contributed by atoms with van der Waals surface area (Å²) in [6.07, 6.45) is 0. The quantitative estimate of drug-likeness (QED) is 0.775. The van der Waals surface area contributed by atoms with E-state index in [2.05, 4.69) is 33.0 Å². The molecule has 0 bridgehead atoms. The van der Waals surface area contributed by atoms with Gasteiger partial charge < -0.3 is 20.5 Å². The van der Waals surface area contributed by atoms with Crippen LogP contribution < -0.4 is 20.5 Å². The molecule has 0 unspecified atom stereocenters. The molecule has 0 amide bonds. The number of methoxy groups -OCH3 is 2. The molecule has 0 saturated heterocycles. The van der Waals surface area contributed by atoms with E-state index in [0.29, 0.717) is 23.1 Å². The monoisotopic (exact) mass is 266 g/mol. The number of nitrogens with one attached hydrogen (secondary N) is 1. The SMILES string of the molecule is COc1cc(N)c(NCC(C)(C)C(C)C)cc1OC. The normalized spacial score (nSPS) is 11.5. The lowest BCUT2D eigenvalue weighted by molar-refractivity contribution is 0.269. The lowest BCUT2D eigenvalue weighted by Gasteiger charge is -2.30. The van der Waals surface area contributed by atoms with Gasteiger partial charge in [-0.25, -0.2) is 0 Å². The molecule has 4 heteroatoms. The van der Waals surface area contributed by atoms with Crippen LogP contribution in [0.15, 0.2) is 12.1 Å². The van der Waals surface area contributed by atoms with Crippen molar-refractivity contribution >= 4 is 11.4 Å². The van der Waals surface area contributed by atoms with Crippen molar-refractivity contribution in [3.63, 3.8) is 0 Å². The van der Waals surface area contributed by atoms with E-state index >= 15 is 0 Å². The highest BCUT2D eigenvalue weighted by molar-refractivity contribution is 5.72. The Morgan fingerprint density at radius 2 is 1.68 bits per heavy atom. The highest BCUT2D eigenvalue weighted by Crippen LogP contribution is 2.36. The largest absolute Gasteiger partial charge is 0.493 e. The summed E-state index contributed by atoms with van der Waals surface area (Å²) in [6.45, 7) is 9.77. The minimum Gasteiger partial charge on any atom is -0.493 e. The molecule has 0 fully saturated rings. The van der Waals surface area contributed by atoms with Crippen LogP contribution in [-0.2, 0) is 0 Å². The fourth-order valence-electron chi connectivity index (χ4n) is 1.57. The van der Waals surface area contributed by atoms with Crippen molar-refractivity contribution in [3.8, 4) is 11.5 Å². The van der Waals surface area contributed by atoms with E-state index in [0.717, 1.165) is 12.2 Å². The number of hydrogen-bond acceptors (Lipinski definition) is 4. The van der Waals surface area contributed by atoms with Crippen molar-refractivity contribution in [2.45, 2.75) is 27.7 Å². The topological polar surface area (TPSA) is 56.5 Å². The maximum absolute atomic E-state index is 6.03. The summed E-state index contributed by atoms with van der Waals surface area (Å²) >= 11 is 0. The van der Waals surface area contributed by atoms with Crippen molar-refractivity contribution in [1.82, 2.24) is 0 Å². The first-order valence-electron chi connectivity index (χ1n) is 6.57. The van der Waals surface area contributed by atoms with Crippen molar-refractivity contribution in [2.24, 2.45) is 11.3 Å². The van der Waals surface area contributed by atoms with Crippen LogP contribution in [0.4, 0.5) is 11.4 Å². The van der Waals surface area contributed by atoms with Crippen LogP contribution in [0.5, 0.6) is 11.5 Å². The molecule has 108 valence electrons. The van der Waals surface area contributed by atoms with Gasteiger partial charge in [0.2, 0.25) is 0 Å². The zero-order valence-corrected chi connectivity index (χ0v) is 12.8. The van der Waals surface area contributed by atoms with Crippen molar-refractivity contribution in [3.05, 3.63) is 12.1 Å². The molecule has 0 radical (unpaired) electrons. The van der Waals surface area contributed by atoms with Gasteiger partial charge in [-0.3, -0.25) is 0 Å².